The third kappa shape index (κ3) is 4.57. The maximum Gasteiger partial charge on any atom is 0.251 e. The van der Waals surface area contributed by atoms with E-state index < -0.39 is 12.1 Å². The molecule has 0 spiro atoms. The summed E-state index contributed by atoms with van der Waals surface area (Å²) in [6.45, 7) is 1.95. The lowest BCUT2D eigenvalue weighted by Crippen LogP contribution is -2.55. The highest BCUT2D eigenvalue weighted by Crippen LogP contribution is 2.39. The molecule has 0 aromatic heterocycles. The van der Waals surface area contributed by atoms with Crippen molar-refractivity contribution in [1.29, 1.82) is 0 Å². The Kier molecular flexibility index (Phi) is 5.95. The van der Waals surface area contributed by atoms with Crippen LogP contribution in [-0.4, -0.2) is 61.6 Å². The molecule has 1 aliphatic heterocycles. The molecule has 3 rings (SSSR count). The molecule has 0 radical (unpaired) electrons. The number of hydrogen-bond donors (Lipinski definition) is 2. The van der Waals surface area contributed by atoms with Crippen molar-refractivity contribution in [3.05, 3.63) is 29.8 Å². The first kappa shape index (κ1) is 19.2. The van der Waals surface area contributed by atoms with Crippen molar-refractivity contribution >= 4 is 17.7 Å². The fraction of sp³-hybridized carbons (Fsp3) is 0.526. The number of benzene rings is 1. The Morgan fingerprint density at radius 1 is 1.19 bits per heavy atom. The topological polar surface area (TPSA) is 97.0 Å². The van der Waals surface area contributed by atoms with Crippen LogP contribution in [-0.2, 0) is 19.1 Å². The number of nitrogens with zero attached hydrogens (tertiary/aromatic N) is 1. The lowest BCUT2D eigenvalue weighted by atomic mass is 9.96. The quantitative estimate of drug-likeness (QED) is 0.672. The van der Waals surface area contributed by atoms with Gasteiger partial charge in [-0.05, 0) is 30.5 Å². The van der Waals surface area contributed by atoms with Crippen LogP contribution in [0.3, 0.4) is 0 Å². The van der Waals surface area contributed by atoms with Gasteiger partial charge in [-0.1, -0.05) is 12.1 Å². The van der Waals surface area contributed by atoms with Crippen molar-refractivity contribution in [1.82, 2.24) is 15.5 Å². The molecule has 8 heteroatoms. The standard InChI is InChI=1S/C19H25N3O5/c1-12(23)20-9-10-21-19(25)18-17(13-3-7-15(26-2)8-4-13)22(14-5-6-14)16(24)11-27-18/h3-4,7-8,14,17-18H,5-6,9-11H2,1-2H3,(H,20,23)(H,21,25)/t17-,18+/m1/s1. The van der Waals surface area contributed by atoms with Crippen molar-refractivity contribution in [2.45, 2.75) is 38.0 Å². The van der Waals surface area contributed by atoms with E-state index in [1.54, 1.807) is 12.0 Å². The second-order valence-corrected chi connectivity index (χ2v) is 6.76. The average Bonchev–Trinajstić information content (AvgIpc) is 3.49. The Bertz CT molecular complexity index is 702. The highest BCUT2D eigenvalue weighted by Gasteiger charge is 2.47. The Labute approximate surface area is 158 Å². The summed E-state index contributed by atoms with van der Waals surface area (Å²) in [5, 5.41) is 5.41. The molecule has 2 fully saturated rings. The Hall–Kier alpha value is -2.61. The second-order valence-electron chi connectivity index (χ2n) is 6.76. The predicted molar refractivity (Wildman–Crippen MR) is 97.0 cm³/mol. The summed E-state index contributed by atoms with van der Waals surface area (Å²) in [7, 11) is 1.59. The fourth-order valence-corrected chi connectivity index (χ4v) is 3.29. The SMILES string of the molecule is COc1ccc([C@@H]2[C@@H](C(=O)NCCNC(C)=O)OCC(=O)N2C2CC2)cc1. The largest absolute Gasteiger partial charge is 0.497 e. The molecule has 8 nitrogen and oxygen atoms in total. The summed E-state index contributed by atoms with van der Waals surface area (Å²) in [4.78, 5) is 37.9. The second kappa shape index (κ2) is 8.39. The molecule has 1 saturated heterocycles. The van der Waals surface area contributed by atoms with E-state index in [4.69, 9.17) is 9.47 Å². The van der Waals surface area contributed by atoms with E-state index in [9.17, 15) is 14.4 Å². The Morgan fingerprint density at radius 2 is 1.85 bits per heavy atom. The van der Waals surface area contributed by atoms with Crippen LogP contribution in [0.4, 0.5) is 0 Å². The number of rotatable bonds is 7. The summed E-state index contributed by atoms with van der Waals surface area (Å²) in [5.41, 5.74) is 0.831. The van der Waals surface area contributed by atoms with Crippen molar-refractivity contribution in [3.8, 4) is 5.75 Å². The number of ether oxygens (including phenoxy) is 2. The maximum atomic E-state index is 12.7. The van der Waals surface area contributed by atoms with Gasteiger partial charge in [0.1, 0.15) is 12.4 Å². The minimum absolute atomic E-state index is 0.0967. The zero-order valence-electron chi connectivity index (χ0n) is 15.6. The van der Waals surface area contributed by atoms with Crippen LogP contribution in [0.1, 0.15) is 31.4 Å². The third-order valence-electron chi connectivity index (χ3n) is 4.71. The van der Waals surface area contributed by atoms with Crippen LogP contribution >= 0.6 is 0 Å². The van der Waals surface area contributed by atoms with Crippen LogP contribution in [0.25, 0.3) is 0 Å². The molecular weight excluding hydrogens is 350 g/mol. The first-order valence-corrected chi connectivity index (χ1v) is 9.10. The van der Waals surface area contributed by atoms with E-state index in [2.05, 4.69) is 10.6 Å². The van der Waals surface area contributed by atoms with E-state index in [1.807, 2.05) is 24.3 Å². The zero-order valence-corrected chi connectivity index (χ0v) is 15.6. The van der Waals surface area contributed by atoms with Crippen molar-refractivity contribution in [2.24, 2.45) is 0 Å². The lowest BCUT2D eigenvalue weighted by Gasteiger charge is -2.40. The van der Waals surface area contributed by atoms with Gasteiger partial charge in [-0.25, -0.2) is 0 Å². The first-order valence-electron chi connectivity index (χ1n) is 9.10. The number of hydrogen-bond acceptors (Lipinski definition) is 5. The lowest BCUT2D eigenvalue weighted by molar-refractivity contribution is -0.165. The molecule has 27 heavy (non-hydrogen) atoms. The molecule has 2 atom stereocenters. The van der Waals surface area contributed by atoms with Crippen LogP contribution in [0.5, 0.6) is 5.75 Å². The van der Waals surface area contributed by atoms with E-state index in [-0.39, 0.29) is 30.4 Å². The number of amides is 3. The van der Waals surface area contributed by atoms with Gasteiger partial charge >= 0.3 is 0 Å². The summed E-state index contributed by atoms with van der Waals surface area (Å²) < 4.78 is 10.8. The summed E-state index contributed by atoms with van der Waals surface area (Å²) >= 11 is 0. The van der Waals surface area contributed by atoms with Crippen molar-refractivity contribution in [2.75, 3.05) is 26.8 Å². The van der Waals surface area contributed by atoms with E-state index in [1.165, 1.54) is 6.92 Å². The van der Waals surface area contributed by atoms with Gasteiger partial charge in [0.05, 0.1) is 13.2 Å². The van der Waals surface area contributed by atoms with Crippen molar-refractivity contribution < 1.29 is 23.9 Å². The van der Waals surface area contributed by atoms with Gasteiger partial charge < -0.3 is 25.0 Å². The third-order valence-corrected chi connectivity index (χ3v) is 4.71. The minimum atomic E-state index is -0.797. The summed E-state index contributed by atoms with van der Waals surface area (Å²) in [5.74, 6) is 0.163. The number of nitrogens with one attached hydrogen (secondary N) is 2. The molecule has 146 valence electrons. The molecule has 2 N–H and O–H groups in total. The van der Waals surface area contributed by atoms with Crippen LogP contribution < -0.4 is 15.4 Å². The molecule has 0 unspecified atom stereocenters. The normalized spacial score (nSPS) is 22.3. The van der Waals surface area contributed by atoms with E-state index >= 15 is 0 Å². The van der Waals surface area contributed by atoms with Gasteiger partial charge in [0, 0.05) is 26.1 Å². The smallest absolute Gasteiger partial charge is 0.251 e. The molecule has 0 bridgehead atoms. The molecular formula is C19H25N3O5. The van der Waals surface area contributed by atoms with Gasteiger partial charge in [0.2, 0.25) is 11.8 Å². The molecule has 3 amide bonds. The number of carbonyl (C=O) groups is 3. The molecule has 1 aliphatic carbocycles. The molecule has 1 aromatic carbocycles. The van der Waals surface area contributed by atoms with Gasteiger partial charge in [0.15, 0.2) is 6.10 Å². The molecule has 1 aromatic rings. The molecule has 2 aliphatic rings. The number of methoxy groups -OCH3 is 1. The maximum absolute atomic E-state index is 12.7. The van der Waals surface area contributed by atoms with Crippen LogP contribution in [0.2, 0.25) is 0 Å². The van der Waals surface area contributed by atoms with Gasteiger partial charge in [-0.2, -0.15) is 0 Å². The average molecular weight is 375 g/mol. The summed E-state index contributed by atoms with van der Waals surface area (Å²) in [6, 6.07) is 7.02. The molecule has 1 heterocycles. The van der Waals surface area contributed by atoms with E-state index in [0.717, 1.165) is 18.4 Å². The Balaban J connectivity index is 1.78. The van der Waals surface area contributed by atoms with Gasteiger partial charge in [-0.3, -0.25) is 14.4 Å². The van der Waals surface area contributed by atoms with Gasteiger partial charge in [0.25, 0.3) is 5.91 Å². The fourth-order valence-electron chi connectivity index (χ4n) is 3.29. The highest BCUT2D eigenvalue weighted by atomic mass is 16.5. The van der Waals surface area contributed by atoms with Gasteiger partial charge in [-0.15, -0.1) is 0 Å². The van der Waals surface area contributed by atoms with Crippen LogP contribution in [0, 0.1) is 0 Å². The zero-order chi connectivity index (χ0) is 19.4. The first-order chi connectivity index (χ1) is 13.0. The number of carbonyl (C=O) groups excluding carboxylic acids is 3. The molecule has 1 saturated carbocycles. The highest BCUT2D eigenvalue weighted by molar-refractivity contribution is 5.86. The summed E-state index contributed by atoms with van der Waals surface area (Å²) in [6.07, 6.45) is 1.08. The number of morpholine rings is 1. The Morgan fingerprint density at radius 3 is 2.44 bits per heavy atom. The predicted octanol–water partition coefficient (Wildman–Crippen LogP) is 0.378. The van der Waals surface area contributed by atoms with E-state index in [0.29, 0.717) is 18.8 Å². The van der Waals surface area contributed by atoms with Crippen LogP contribution in [0.15, 0.2) is 24.3 Å². The minimum Gasteiger partial charge on any atom is -0.497 e. The monoisotopic (exact) mass is 375 g/mol. The van der Waals surface area contributed by atoms with Crippen molar-refractivity contribution in [3.63, 3.8) is 0 Å².